The lowest BCUT2D eigenvalue weighted by Crippen LogP contribution is -2.35. The summed E-state index contributed by atoms with van der Waals surface area (Å²) in [4.78, 5) is 23.3. The van der Waals surface area contributed by atoms with Gasteiger partial charge in [-0.1, -0.05) is 29.8 Å². The van der Waals surface area contributed by atoms with Crippen LogP contribution < -0.4 is 15.5 Å². The highest BCUT2D eigenvalue weighted by Crippen LogP contribution is 2.29. The molecule has 0 bridgehead atoms. The predicted molar refractivity (Wildman–Crippen MR) is 126 cm³/mol. The summed E-state index contributed by atoms with van der Waals surface area (Å²) in [5, 5.41) is 6.83. The van der Waals surface area contributed by atoms with Crippen LogP contribution in [0.25, 0.3) is 10.9 Å². The number of carbonyl (C=O) groups is 1. The van der Waals surface area contributed by atoms with Crippen LogP contribution in [0.4, 0.5) is 20.5 Å². The van der Waals surface area contributed by atoms with Gasteiger partial charge in [0.1, 0.15) is 5.82 Å². The van der Waals surface area contributed by atoms with Gasteiger partial charge in [0.15, 0.2) is 11.6 Å². The van der Waals surface area contributed by atoms with Gasteiger partial charge in [0, 0.05) is 44.1 Å². The molecule has 0 atom stereocenters. The molecule has 0 spiro atoms. The quantitative estimate of drug-likeness (QED) is 0.572. The lowest BCUT2D eigenvalue weighted by molar-refractivity contribution is -0.126. The van der Waals surface area contributed by atoms with Gasteiger partial charge >= 0.3 is 0 Å². The van der Waals surface area contributed by atoms with E-state index in [-0.39, 0.29) is 17.9 Å². The highest BCUT2D eigenvalue weighted by molar-refractivity contribution is 5.90. The molecule has 2 aromatic carbocycles. The number of halogens is 2. The summed E-state index contributed by atoms with van der Waals surface area (Å²) in [6.45, 7) is 2.57. The largest absolute Gasteiger partial charge is 0.362 e. The van der Waals surface area contributed by atoms with Gasteiger partial charge in [-0.25, -0.2) is 13.8 Å². The molecule has 8 heteroatoms. The van der Waals surface area contributed by atoms with E-state index < -0.39 is 11.6 Å². The number of hydrogen-bond acceptors (Lipinski definition) is 5. The van der Waals surface area contributed by atoms with Crippen molar-refractivity contribution in [2.45, 2.75) is 45.2 Å². The van der Waals surface area contributed by atoms with E-state index in [1.165, 1.54) is 5.56 Å². The number of amides is 1. The molecule has 1 fully saturated rings. The highest BCUT2D eigenvalue weighted by atomic mass is 19.2. The summed E-state index contributed by atoms with van der Waals surface area (Å²) in [7, 11) is 3.60. The zero-order valence-electron chi connectivity index (χ0n) is 19.2. The Hall–Kier alpha value is -3.29. The summed E-state index contributed by atoms with van der Waals surface area (Å²) < 4.78 is 27.5. The van der Waals surface area contributed by atoms with E-state index >= 15 is 0 Å². The lowest BCUT2D eigenvalue weighted by Gasteiger charge is -2.28. The molecule has 1 aliphatic carbocycles. The Bertz CT molecular complexity index is 1140. The molecule has 1 saturated carbocycles. The van der Waals surface area contributed by atoms with Crippen molar-refractivity contribution in [1.82, 2.24) is 15.3 Å². The van der Waals surface area contributed by atoms with Crippen LogP contribution in [0, 0.1) is 24.5 Å². The Balaban J connectivity index is 1.37. The van der Waals surface area contributed by atoms with Gasteiger partial charge in [-0.2, -0.15) is 4.98 Å². The first-order valence-corrected chi connectivity index (χ1v) is 11.2. The van der Waals surface area contributed by atoms with E-state index in [2.05, 4.69) is 20.6 Å². The third-order valence-electron chi connectivity index (χ3n) is 6.16. The molecule has 2 N–H and O–H groups in total. The van der Waals surface area contributed by atoms with Crippen molar-refractivity contribution in [2.75, 3.05) is 24.3 Å². The Morgan fingerprint density at radius 1 is 1.03 bits per heavy atom. The fourth-order valence-electron chi connectivity index (χ4n) is 4.23. The van der Waals surface area contributed by atoms with Crippen molar-refractivity contribution in [3.63, 3.8) is 0 Å². The van der Waals surface area contributed by atoms with E-state index in [4.69, 9.17) is 0 Å². The number of hydrogen-bond donors (Lipinski definition) is 2. The van der Waals surface area contributed by atoms with Crippen LogP contribution in [-0.4, -0.2) is 36.0 Å². The zero-order chi connectivity index (χ0) is 23.5. The molecule has 4 rings (SSSR count). The first-order chi connectivity index (χ1) is 15.8. The number of fused-ring (bicyclic) bond motifs is 1. The van der Waals surface area contributed by atoms with Crippen LogP contribution in [-0.2, 0) is 11.3 Å². The SMILES string of the molecule is Cc1ccc(CNC(=O)C2CCC(Nc3nc(N(C)C)c4cc(F)c(F)cc4n3)CC2)cc1. The molecule has 0 radical (unpaired) electrons. The molecule has 33 heavy (non-hydrogen) atoms. The monoisotopic (exact) mass is 453 g/mol. The minimum atomic E-state index is -0.936. The summed E-state index contributed by atoms with van der Waals surface area (Å²) in [6, 6.07) is 10.5. The Morgan fingerprint density at radius 2 is 1.70 bits per heavy atom. The molecule has 3 aromatic rings. The maximum absolute atomic E-state index is 13.8. The Morgan fingerprint density at radius 3 is 2.36 bits per heavy atom. The summed E-state index contributed by atoms with van der Waals surface area (Å²) in [5.74, 6) is -0.887. The molecule has 0 saturated heterocycles. The Labute approximate surface area is 192 Å². The van der Waals surface area contributed by atoms with Gasteiger partial charge in [0.2, 0.25) is 11.9 Å². The van der Waals surface area contributed by atoms with Crippen molar-refractivity contribution in [2.24, 2.45) is 5.92 Å². The first-order valence-electron chi connectivity index (χ1n) is 11.2. The summed E-state index contributed by atoms with van der Waals surface area (Å²) in [5.41, 5.74) is 2.63. The average molecular weight is 454 g/mol. The third kappa shape index (κ3) is 5.38. The molecule has 1 aliphatic rings. The molecule has 0 aliphatic heterocycles. The van der Waals surface area contributed by atoms with E-state index in [9.17, 15) is 13.6 Å². The standard InChI is InChI=1S/C25H29F2N5O/c1-15-4-6-16(7-5-15)14-28-24(33)17-8-10-18(11-9-17)29-25-30-22-13-21(27)20(26)12-19(22)23(31-25)32(2)3/h4-7,12-13,17-18H,8-11,14H2,1-3H3,(H,28,33)(H,29,30,31). The predicted octanol–water partition coefficient (Wildman–Crippen LogP) is 4.57. The highest BCUT2D eigenvalue weighted by Gasteiger charge is 2.27. The van der Waals surface area contributed by atoms with Gasteiger partial charge in [0.25, 0.3) is 0 Å². The molecule has 1 aromatic heterocycles. The topological polar surface area (TPSA) is 70.2 Å². The van der Waals surface area contributed by atoms with Gasteiger partial charge < -0.3 is 15.5 Å². The smallest absolute Gasteiger partial charge is 0.225 e. The summed E-state index contributed by atoms with van der Waals surface area (Å²) in [6.07, 6.45) is 3.15. The lowest BCUT2D eigenvalue weighted by atomic mass is 9.85. The maximum atomic E-state index is 13.8. The van der Waals surface area contributed by atoms with Crippen molar-refractivity contribution in [3.05, 3.63) is 59.2 Å². The van der Waals surface area contributed by atoms with E-state index in [0.29, 0.717) is 29.2 Å². The second-order valence-corrected chi connectivity index (χ2v) is 8.95. The molecule has 1 heterocycles. The van der Waals surface area contributed by atoms with Gasteiger partial charge in [-0.05, 0) is 44.2 Å². The number of carbonyl (C=O) groups excluding carboxylic acids is 1. The number of rotatable bonds is 6. The second kappa shape index (κ2) is 9.68. The van der Waals surface area contributed by atoms with Crippen LogP contribution in [0.1, 0.15) is 36.8 Å². The van der Waals surface area contributed by atoms with Crippen LogP contribution in [0.3, 0.4) is 0 Å². The van der Waals surface area contributed by atoms with E-state index in [1.54, 1.807) is 19.0 Å². The number of nitrogens with one attached hydrogen (secondary N) is 2. The fourth-order valence-corrected chi connectivity index (χ4v) is 4.23. The number of aryl methyl sites for hydroxylation is 1. The molecule has 6 nitrogen and oxygen atoms in total. The molecular formula is C25H29F2N5O. The normalized spacial score (nSPS) is 18.2. The third-order valence-corrected chi connectivity index (χ3v) is 6.16. The van der Waals surface area contributed by atoms with Gasteiger partial charge in [-0.15, -0.1) is 0 Å². The maximum Gasteiger partial charge on any atom is 0.225 e. The summed E-state index contributed by atoms with van der Waals surface area (Å²) >= 11 is 0. The molecule has 0 unspecified atom stereocenters. The van der Waals surface area contributed by atoms with Crippen molar-refractivity contribution in [1.29, 1.82) is 0 Å². The van der Waals surface area contributed by atoms with Crippen molar-refractivity contribution < 1.29 is 13.6 Å². The fraction of sp³-hybridized carbons (Fsp3) is 0.400. The van der Waals surface area contributed by atoms with Crippen LogP contribution in [0.15, 0.2) is 36.4 Å². The van der Waals surface area contributed by atoms with E-state index in [1.807, 2.05) is 31.2 Å². The molecule has 1 amide bonds. The number of benzene rings is 2. The minimum absolute atomic E-state index is 0.0135. The second-order valence-electron chi connectivity index (χ2n) is 8.95. The Kier molecular flexibility index (Phi) is 6.72. The van der Waals surface area contributed by atoms with Crippen molar-refractivity contribution in [3.8, 4) is 0 Å². The first kappa shape index (κ1) is 22.9. The number of anilines is 2. The van der Waals surface area contributed by atoms with Gasteiger partial charge in [0.05, 0.1) is 5.52 Å². The molecular weight excluding hydrogens is 424 g/mol. The number of aromatic nitrogens is 2. The number of nitrogens with zero attached hydrogens (tertiary/aromatic N) is 3. The van der Waals surface area contributed by atoms with Crippen molar-refractivity contribution >= 4 is 28.6 Å². The van der Waals surface area contributed by atoms with Crippen LogP contribution >= 0.6 is 0 Å². The van der Waals surface area contributed by atoms with Gasteiger partial charge in [-0.3, -0.25) is 4.79 Å². The zero-order valence-corrected chi connectivity index (χ0v) is 19.2. The van der Waals surface area contributed by atoms with E-state index in [0.717, 1.165) is 43.4 Å². The minimum Gasteiger partial charge on any atom is -0.362 e. The average Bonchev–Trinajstić information content (AvgIpc) is 2.79. The van der Waals surface area contributed by atoms with Crippen LogP contribution in [0.2, 0.25) is 0 Å². The van der Waals surface area contributed by atoms with Crippen LogP contribution in [0.5, 0.6) is 0 Å². The molecule has 174 valence electrons.